The second-order valence-electron chi connectivity index (χ2n) is 6.83. The molecule has 1 unspecified atom stereocenters. The van der Waals surface area contributed by atoms with Crippen LogP contribution in [0.3, 0.4) is 0 Å². The molecule has 0 aromatic heterocycles. The molecule has 1 fully saturated rings. The first-order valence-electron chi connectivity index (χ1n) is 8.61. The Morgan fingerprint density at radius 3 is 2.72 bits per heavy atom. The van der Waals surface area contributed by atoms with Crippen molar-refractivity contribution in [1.29, 1.82) is 0 Å². The number of methoxy groups -OCH3 is 1. The largest absolute Gasteiger partial charge is 0.497 e. The van der Waals surface area contributed by atoms with Crippen LogP contribution >= 0.6 is 0 Å². The Morgan fingerprint density at radius 1 is 1.40 bits per heavy atom. The molecule has 25 heavy (non-hydrogen) atoms. The molecule has 2 aliphatic rings. The minimum absolute atomic E-state index is 0.275. The molecule has 1 aromatic rings. The molecule has 3 rings (SSSR count). The predicted octanol–water partition coefficient (Wildman–Crippen LogP) is 3.94. The molecule has 1 aromatic carbocycles. The summed E-state index contributed by atoms with van der Waals surface area (Å²) in [5.41, 5.74) is 8.58. The highest BCUT2D eigenvalue weighted by atomic mass is 16.5. The van der Waals surface area contributed by atoms with Crippen LogP contribution in [0.5, 0.6) is 0 Å². The first-order valence-corrected chi connectivity index (χ1v) is 8.61. The number of hydrogen-bond acceptors (Lipinski definition) is 4. The lowest BCUT2D eigenvalue weighted by molar-refractivity contribution is 0.0299. The normalized spacial score (nSPS) is 25.5. The first-order chi connectivity index (χ1) is 12.0. The number of amidine groups is 1. The molecule has 1 aliphatic carbocycles. The van der Waals surface area contributed by atoms with Crippen LogP contribution < -0.4 is 5.73 Å². The van der Waals surface area contributed by atoms with Gasteiger partial charge >= 0.3 is 0 Å². The van der Waals surface area contributed by atoms with Gasteiger partial charge in [0.1, 0.15) is 22.7 Å². The van der Waals surface area contributed by atoms with Gasteiger partial charge in [-0.2, -0.15) is 0 Å². The molecular formula is C21H26N2O2. The number of benzene rings is 1. The van der Waals surface area contributed by atoms with Crippen LogP contribution in [0.1, 0.15) is 37.8 Å². The Kier molecular flexibility index (Phi) is 4.56. The number of aliphatic imine (C=N–C) groups is 1. The zero-order valence-electron chi connectivity index (χ0n) is 15.2. The van der Waals surface area contributed by atoms with Crippen molar-refractivity contribution >= 4 is 11.4 Å². The van der Waals surface area contributed by atoms with E-state index in [1.54, 1.807) is 7.11 Å². The number of hydrogen-bond donors (Lipinski definition) is 1. The summed E-state index contributed by atoms with van der Waals surface area (Å²) in [5, 5.41) is 0. The zero-order valence-corrected chi connectivity index (χ0v) is 15.2. The average molecular weight is 338 g/mol. The lowest BCUT2D eigenvalue weighted by atomic mass is 9.89. The Bertz CT molecular complexity index is 772. The van der Waals surface area contributed by atoms with Crippen molar-refractivity contribution in [3.05, 3.63) is 66.0 Å². The summed E-state index contributed by atoms with van der Waals surface area (Å²) in [6, 6.07) is 8.29. The van der Waals surface area contributed by atoms with Crippen molar-refractivity contribution in [1.82, 2.24) is 0 Å². The monoisotopic (exact) mass is 338 g/mol. The van der Waals surface area contributed by atoms with Gasteiger partial charge in [-0.3, -0.25) is 4.99 Å². The molecule has 0 amide bonds. The molecule has 0 radical (unpaired) electrons. The maximum atomic E-state index is 6.19. The van der Waals surface area contributed by atoms with Crippen LogP contribution in [0, 0.1) is 0 Å². The van der Waals surface area contributed by atoms with E-state index in [2.05, 4.69) is 31.7 Å². The van der Waals surface area contributed by atoms with E-state index in [-0.39, 0.29) is 5.60 Å². The molecular weight excluding hydrogens is 312 g/mol. The lowest BCUT2D eigenvalue weighted by Gasteiger charge is -2.34. The van der Waals surface area contributed by atoms with Gasteiger partial charge in [0.05, 0.1) is 13.7 Å². The Hall–Kier alpha value is -2.33. The predicted molar refractivity (Wildman–Crippen MR) is 102 cm³/mol. The van der Waals surface area contributed by atoms with E-state index in [1.807, 2.05) is 31.2 Å². The molecule has 4 nitrogen and oxygen atoms in total. The molecule has 1 aliphatic heterocycles. The van der Waals surface area contributed by atoms with Gasteiger partial charge in [0.25, 0.3) is 0 Å². The molecule has 1 saturated carbocycles. The molecule has 0 bridgehead atoms. The highest BCUT2D eigenvalue weighted by Gasteiger charge is 2.52. The van der Waals surface area contributed by atoms with Gasteiger partial charge in [0, 0.05) is 0 Å². The Balaban J connectivity index is 1.96. The molecule has 0 saturated heterocycles. The van der Waals surface area contributed by atoms with Crippen LogP contribution in [0.2, 0.25) is 0 Å². The summed E-state index contributed by atoms with van der Waals surface area (Å²) < 4.78 is 11.4. The first kappa shape index (κ1) is 17.5. The summed E-state index contributed by atoms with van der Waals surface area (Å²) >= 11 is 0. The summed E-state index contributed by atoms with van der Waals surface area (Å²) in [5.74, 6) is 1.42. The van der Waals surface area contributed by atoms with Crippen molar-refractivity contribution in [2.45, 2.75) is 37.8 Å². The average Bonchev–Trinajstić information content (AvgIpc) is 3.41. The van der Waals surface area contributed by atoms with Gasteiger partial charge in [-0.15, -0.1) is 0 Å². The third-order valence-corrected chi connectivity index (χ3v) is 5.02. The Morgan fingerprint density at radius 2 is 2.16 bits per heavy atom. The van der Waals surface area contributed by atoms with E-state index in [9.17, 15) is 0 Å². The van der Waals surface area contributed by atoms with Crippen molar-refractivity contribution in [3.63, 3.8) is 0 Å². The van der Waals surface area contributed by atoms with E-state index in [1.165, 1.54) is 0 Å². The number of nitrogens with two attached hydrogens (primary N) is 1. The number of rotatable bonds is 5. The highest BCUT2D eigenvalue weighted by molar-refractivity contribution is 5.92. The second-order valence-corrected chi connectivity index (χ2v) is 6.83. The maximum Gasteiger partial charge on any atom is 0.127 e. The van der Waals surface area contributed by atoms with Gasteiger partial charge in [0.15, 0.2) is 0 Å². The summed E-state index contributed by atoms with van der Waals surface area (Å²) in [4.78, 5) is 4.81. The number of allylic oxidation sites excluding steroid dienone is 4. The van der Waals surface area contributed by atoms with E-state index in [4.69, 9.17) is 20.2 Å². The molecule has 1 atom stereocenters. The fraction of sp³-hybridized carbons (Fsp3) is 0.381. The van der Waals surface area contributed by atoms with Crippen LogP contribution in [0.25, 0.3) is 5.57 Å². The van der Waals surface area contributed by atoms with E-state index >= 15 is 0 Å². The standard InChI is InChI=1S/C21H26N2O2/c1-5-15(13-18(6-2)24-4)16-8-7-9-17(12-16)20(3)14-25-21(10-11-21)19(22)23-20/h5-9,12-13H,1,10-11,14H2,2-4H3,(H2,22,23)/b15-13+,18-6+. The Labute approximate surface area is 149 Å². The van der Waals surface area contributed by atoms with Crippen LogP contribution in [-0.2, 0) is 15.0 Å². The fourth-order valence-corrected chi connectivity index (χ4v) is 3.12. The molecule has 132 valence electrons. The molecule has 4 heteroatoms. The summed E-state index contributed by atoms with van der Waals surface area (Å²) in [7, 11) is 1.66. The molecule has 1 spiro atoms. The van der Waals surface area contributed by atoms with Gasteiger partial charge in [0.2, 0.25) is 0 Å². The van der Waals surface area contributed by atoms with Crippen LogP contribution in [0.4, 0.5) is 0 Å². The minimum atomic E-state index is -0.467. The van der Waals surface area contributed by atoms with Gasteiger partial charge < -0.3 is 15.2 Å². The van der Waals surface area contributed by atoms with E-state index in [0.717, 1.165) is 35.3 Å². The molecule has 2 N–H and O–H groups in total. The maximum absolute atomic E-state index is 6.19. The topological polar surface area (TPSA) is 56.8 Å². The van der Waals surface area contributed by atoms with E-state index < -0.39 is 5.54 Å². The quantitative estimate of drug-likeness (QED) is 0.653. The third kappa shape index (κ3) is 3.27. The minimum Gasteiger partial charge on any atom is -0.497 e. The van der Waals surface area contributed by atoms with Crippen LogP contribution in [0.15, 0.2) is 59.8 Å². The zero-order chi connectivity index (χ0) is 18.1. The SMILES string of the molecule is C=C/C(=C\C(=C/C)OC)c1cccc(C2(C)COC3(CC3)C(N)=N2)c1. The van der Waals surface area contributed by atoms with Gasteiger partial charge in [-0.25, -0.2) is 0 Å². The number of ether oxygens (including phenoxy) is 2. The summed E-state index contributed by atoms with van der Waals surface area (Å²) in [6.07, 6.45) is 7.68. The highest BCUT2D eigenvalue weighted by Crippen LogP contribution is 2.45. The van der Waals surface area contributed by atoms with E-state index in [0.29, 0.717) is 12.4 Å². The lowest BCUT2D eigenvalue weighted by Crippen LogP contribution is -2.45. The fourth-order valence-electron chi connectivity index (χ4n) is 3.12. The smallest absolute Gasteiger partial charge is 0.127 e. The van der Waals surface area contributed by atoms with Crippen molar-refractivity contribution in [2.24, 2.45) is 10.7 Å². The number of nitrogens with zero attached hydrogens (tertiary/aromatic N) is 1. The summed E-state index contributed by atoms with van der Waals surface area (Å²) in [6.45, 7) is 8.49. The third-order valence-electron chi connectivity index (χ3n) is 5.02. The van der Waals surface area contributed by atoms with Gasteiger partial charge in [-0.05, 0) is 61.6 Å². The van der Waals surface area contributed by atoms with Crippen molar-refractivity contribution < 1.29 is 9.47 Å². The van der Waals surface area contributed by atoms with Crippen LogP contribution in [-0.4, -0.2) is 25.2 Å². The van der Waals surface area contributed by atoms with Gasteiger partial charge in [-0.1, -0.05) is 30.9 Å². The van der Waals surface area contributed by atoms with Crippen molar-refractivity contribution in [3.8, 4) is 0 Å². The van der Waals surface area contributed by atoms with Crippen molar-refractivity contribution in [2.75, 3.05) is 13.7 Å². The molecule has 1 heterocycles. The second kappa shape index (κ2) is 6.52.